The fraction of sp³-hybridized carbons (Fsp3) is 0.867. The summed E-state index contributed by atoms with van der Waals surface area (Å²) in [4.78, 5) is 22.7. The van der Waals surface area contributed by atoms with Crippen LogP contribution in [0.4, 0.5) is 0 Å². The van der Waals surface area contributed by atoms with Crippen LogP contribution >= 0.6 is 11.8 Å². The van der Waals surface area contributed by atoms with Crippen LogP contribution in [0.25, 0.3) is 0 Å². The number of thioether (sulfide) groups is 1. The highest BCUT2D eigenvalue weighted by atomic mass is 32.2. The number of aliphatic hydroxyl groups is 1. The minimum atomic E-state index is -0.894. The molecule has 0 fully saturated rings. The second-order valence-corrected chi connectivity index (χ2v) is 6.78. The topological polar surface area (TPSA) is 111 Å². The van der Waals surface area contributed by atoms with Crippen LogP contribution in [0.2, 0.25) is 0 Å². The van der Waals surface area contributed by atoms with E-state index in [0.717, 1.165) is 6.42 Å². The van der Waals surface area contributed by atoms with Crippen molar-refractivity contribution in [3.63, 3.8) is 0 Å². The van der Waals surface area contributed by atoms with Gasteiger partial charge in [0.05, 0.1) is 25.2 Å². The van der Waals surface area contributed by atoms with E-state index in [0.29, 0.717) is 31.3 Å². The summed E-state index contributed by atoms with van der Waals surface area (Å²) in [6.07, 6.45) is 0.818. The van der Waals surface area contributed by atoms with E-state index in [9.17, 15) is 14.7 Å². The first-order valence-corrected chi connectivity index (χ1v) is 8.94. The first kappa shape index (κ1) is 22.2. The van der Waals surface area contributed by atoms with Crippen LogP contribution < -0.4 is 11.1 Å². The van der Waals surface area contributed by atoms with Gasteiger partial charge in [0, 0.05) is 24.0 Å². The number of carbonyl (C=O) groups is 2. The van der Waals surface area contributed by atoms with Crippen molar-refractivity contribution in [1.29, 1.82) is 0 Å². The lowest BCUT2D eigenvalue weighted by atomic mass is 9.94. The molecular weight excluding hydrogens is 320 g/mol. The number of primary amides is 1. The number of nitrogens with one attached hydrogen (secondary N) is 1. The van der Waals surface area contributed by atoms with Crippen LogP contribution in [-0.4, -0.2) is 61.6 Å². The number of carbonyl (C=O) groups excluding carboxylic acids is 2. The second kappa shape index (κ2) is 12.6. The third kappa shape index (κ3) is 9.80. The van der Waals surface area contributed by atoms with E-state index in [1.165, 1.54) is 11.8 Å². The van der Waals surface area contributed by atoms with Gasteiger partial charge in [-0.25, -0.2) is 0 Å². The summed E-state index contributed by atoms with van der Waals surface area (Å²) in [5.41, 5.74) is 4.35. The highest BCUT2D eigenvalue weighted by Gasteiger charge is 2.29. The van der Waals surface area contributed by atoms with E-state index in [4.69, 9.17) is 15.2 Å². The first-order valence-electron chi connectivity index (χ1n) is 7.79. The van der Waals surface area contributed by atoms with E-state index in [1.807, 2.05) is 13.8 Å². The lowest BCUT2D eigenvalue weighted by Crippen LogP contribution is -2.39. The van der Waals surface area contributed by atoms with Gasteiger partial charge in [-0.1, -0.05) is 13.8 Å². The summed E-state index contributed by atoms with van der Waals surface area (Å²) < 4.78 is 10.5. The van der Waals surface area contributed by atoms with Crippen molar-refractivity contribution in [3.05, 3.63) is 0 Å². The Balaban J connectivity index is 3.47. The maximum atomic E-state index is 11.5. The van der Waals surface area contributed by atoms with Crippen molar-refractivity contribution in [2.24, 2.45) is 17.1 Å². The average Bonchev–Trinajstić information content (AvgIpc) is 2.54. The third-order valence-corrected chi connectivity index (χ3v) is 4.81. The number of ether oxygens (including phenoxy) is 2. The lowest BCUT2D eigenvalue weighted by molar-refractivity contribution is -0.127. The molecule has 0 aliphatic heterocycles. The lowest BCUT2D eigenvalue weighted by Gasteiger charge is -2.22. The van der Waals surface area contributed by atoms with Gasteiger partial charge in [0.2, 0.25) is 11.8 Å². The molecule has 4 N–H and O–H groups in total. The third-order valence-electron chi connectivity index (χ3n) is 3.51. The molecule has 0 aromatic heterocycles. The molecule has 2 unspecified atom stereocenters. The SMILES string of the molecule is CCC(C)C(=O)NCCOCOCCSCC(C)(CO)C(N)=O. The maximum Gasteiger partial charge on any atom is 0.226 e. The summed E-state index contributed by atoms with van der Waals surface area (Å²) in [5.74, 6) is 0.682. The number of hydrogen-bond acceptors (Lipinski definition) is 6. The standard InChI is InChI=1S/C15H30N2O5S/c1-4-12(2)13(19)17-5-6-21-11-22-7-8-23-10-15(3,9-18)14(16)20/h12,18H,4-11H2,1-3H3,(H2,16,20)(H,17,19). The summed E-state index contributed by atoms with van der Waals surface area (Å²) >= 11 is 1.49. The van der Waals surface area contributed by atoms with Crippen molar-refractivity contribution in [2.75, 3.05) is 44.7 Å². The van der Waals surface area contributed by atoms with Gasteiger partial charge in [0.1, 0.15) is 6.79 Å². The molecule has 0 aromatic carbocycles. The Kier molecular flexibility index (Phi) is 12.1. The van der Waals surface area contributed by atoms with E-state index in [2.05, 4.69) is 5.32 Å². The monoisotopic (exact) mass is 350 g/mol. The molecule has 0 aliphatic carbocycles. The molecule has 0 spiro atoms. The molecule has 0 radical (unpaired) electrons. The highest BCUT2D eigenvalue weighted by molar-refractivity contribution is 7.99. The van der Waals surface area contributed by atoms with Gasteiger partial charge in [-0.3, -0.25) is 9.59 Å². The molecular formula is C15H30N2O5S. The number of hydrogen-bond donors (Lipinski definition) is 3. The number of rotatable bonds is 14. The van der Waals surface area contributed by atoms with Gasteiger partial charge in [-0.2, -0.15) is 11.8 Å². The Bertz CT molecular complexity index is 357. The first-order chi connectivity index (χ1) is 10.9. The zero-order chi connectivity index (χ0) is 17.7. The van der Waals surface area contributed by atoms with Gasteiger partial charge >= 0.3 is 0 Å². The molecule has 0 saturated carbocycles. The average molecular weight is 350 g/mol. The van der Waals surface area contributed by atoms with Gasteiger partial charge in [0.25, 0.3) is 0 Å². The van der Waals surface area contributed by atoms with Crippen molar-refractivity contribution in [2.45, 2.75) is 27.2 Å². The normalized spacial score (nSPS) is 15.0. The Morgan fingerprint density at radius 3 is 2.57 bits per heavy atom. The molecule has 0 aromatic rings. The van der Waals surface area contributed by atoms with Crippen molar-refractivity contribution in [3.8, 4) is 0 Å². The zero-order valence-corrected chi connectivity index (χ0v) is 15.1. The minimum Gasteiger partial charge on any atom is -0.395 e. The Morgan fingerprint density at radius 2 is 2.00 bits per heavy atom. The number of nitrogens with two attached hydrogens (primary N) is 1. The van der Waals surface area contributed by atoms with E-state index >= 15 is 0 Å². The quantitative estimate of drug-likeness (QED) is 0.308. The molecule has 0 rings (SSSR count). The predicted octanol–water partition coefficient (Wildman–Crippen LogP) is 0.357. The molecule has 136 valence electrons. The summed E-state index contributed by atoms with van der Waals surface area (Å²) in [7, 11) is 0. The Hall–Kier alpha value is -0.830. The van der Waals surface area contributed by atoms with Gasteiger partial charge in [-0.15, -0.1) is 0 Å². The molecule has 8 heteroatoms. The van der Waals surface area contributed by atoms with Gasteiger partial charge in [0.15, 0.2) is 0 Å². The van der Waals surface area contributed by atoms with Crippen LogP contribution in [-0.2, 0) is 19.1 Å². The Labute approximate surface area is 142 Å². The summed E-state index contributed by atoms with van der Waals surface area (Å²) in [5, 5.41) is 12.0. The van der Waals surface area contributed by atoms with Crippen LogP contribution in [0.1, 0.15) is 27.2 Å². The van der Waals surface area contributed by atoms with E-state index in [-0.39, 0.29) is 25.2 Å². The molecule has 0 heterocycles. The van der Waals surface area contributed by atoms with Crippen molar-refractivity contribution < 1.29 is 24.2 Å². The van der Waals surface area contributed by atoms with E-state index < -0.39 is 11.3 Å². The molecule has 0 saturated heterocycles. The molecule has 7 nitrogen and oxygen atoms in total. The summed E-state index contributed by atoms with van der Waals surface area (Å²) in [6, 6.07) is 0. The predicted molar refractivity (Wildman–Crippen MR) is 90.9 cm³/mol. The molecule has 0 bridgehead atoms. The minimum absolute atomic E-state index is 0.0216. The number of amides is 2. The largest absolute Gasteiger partial charge is 0.395 e. The van der Waals surface area contributed by atoms with Crippen LogP contribution in [0.5, 0.6) is 0 Å². The van der Waals surface area contributed by atoms with Crippen molar-refractivity contribution in [1.82, 2.24) is 5.32 Å². The zero-order valence-electron chi connectivity index (χ0n) is 14.3. The van der Waals surface area contributed by atoms with Gasteiger partial charge < -0.3 is 25.6 Å². The second-order valence-electron chi connectivity index (χ2n) is 5.67. The van der Waals surface area contributed by atoms with E-state index in [1.54, 1.807) is 6.92 Å². The summed E-state index contributed by atoms with van der Waals surface area (Å²) in [6.45, 7) is 6.74. The molecule has 2 amide bonds. The number of aliphatic hydroxyl groups excluding tert-OH is 1. The molecule has 2 atom stereocenters. The fourth-order valence-electron chi connectivity index (χ4n) is 1.39. The van der Waals surface area contributed by atoms with Crippen molar-refractivity contribution >= 4 is 23.6 Å². The molecule has 23 heavy (non-hydrogen) atoms. The molecule has 0 aliphatic rings. The van der Waals surface area contributed by atoms with Gasteiger partial charge in [-0.05, 0) is 13.3 Å². The van der Waals surface area contributed by atoms with Crippen LogP contribution in [0.15, 0.2) is 0 Å². The smallest absolute Gasteiger partial charge is 0.226 e. The maximum absolute atomic E-state index is 11.5. The van der Waals surface area contributed by atoms with Crippen LogP contribution in [0.3, 0.4) is 0 Å². The fourth-order valence-corrected chi connectivity index (χ4v) is 2.46. The van der Waals surface area contributed by atoms with Crippen LogP contribution in [0, 0.1) is 11.3 Å². The highest BCUT2D eigenvalue weighted by Crippen LogP contribution is 2.21. The Morgan fingerprint density at radius 1 is 1.35 bits per heavy atom.